The van der Waals surface area contributed by atoms with Gasteiger partial charge in [-0.3, -0.25) is 0 Å². The van der Waals surface area contributed by atoms with Gasteiger partial charge in [-0.2, -0.15) is 0 Å². The molecule has 166 valence electrons. The zero-order chi connectivity index (χ0) is 22.6. The first kappa shape index (κ1) is 21.2. The first-order valence-corrected chi connectivity index (χ1v) is 11.2. The summed E-state index contributed by atoms with van der Waals surface area (Å²) in [5.41, 5.74) is 6.82. The molecule has 0 saturated carbocycles. The molecule has 3 N–H and O–H groups in total. The minimum Gasteiger partial charge on any atom is -0.440 e. The number of nitrogens with zero attached hydrogens (tertiary/aromatic N) is 1. The summed E-state index contributed by atoms with van der Waals surface area (Å²) >= 11 is 0. The summed E-state index contributed by atoms with van der Waals surface area (Å²) in [6, 6.07) is 23.8. The second-order valence-electron chi connectivity index (χ2n) is 8.21. The molecule has 2 heterocycles. The lowest BCUT2D eigenvalue weighted by Crippen LogP contribution is -1.90. The minimum atomic E-state index is 0.00521. The molecule has 2 aromatic heterocycles. The number of para-hydroxylation sites is 1. The molecule has 5 rings (SSSR count). The molecule has 0 aliphatic rings. The lowest BCUT2D eigenvalue weighted by molar-refractivity contribution is 0.281. The van der Waals surface area contributed by atoms with Crippen LogP contribution in [0.3, 0.4) is 0 Å². The molecule has 0 unspecified atom stereocenters. The van der Waals surface area contributed by atoms with E-state index in [4.69, 9.17) is 9.40 Å². The van der Waals surface area contributed by atoms with Gasteiger partial charge in [-0.15, -0.1) is 0 Å². The zero-order valence-corrected chi connectivity index (χ0v) is 18.3. The standard InChI is InChI=1S/C28H26N2O3/c31-17-19-8-12-21(13-9-19)27-28(22-14-10-20(18-32)11-15-22)33-26(30-27)7-3-4-23-16-29-25-6-2-1-5-24(23)25/h1-2,5-6,8-16,29,31-32H,3-4,7,17-18H2. The van der Waals surface area contributed by atoms with Gasteiger partial charge in [-0.05, 0) is 35.6 Å². The largest absolute Gasteiger partial charge is 0.440 e. The van der Waals surface area contributed by atoms with Gasteiger partial charge >= 0.3 is 0 Å². The average Bonchev–Trinajstić information content (AvgIpc) is 3.49. The van der Waals surface area contributed by atoms with Crippen LogP contribution < -0.4 is 0 Å². The SMILES string of the molecule is OCc1ccc(-c2nc(CCCc3c[nH]c4ccccc34)oc2-c2ccc(CO)cc2)cc1. The number of aliphatic hydroxyl groups excluding tert-OH is 2. The lowest BCUT2D eigenvalue weighted by Gasteiger charge is -2.04. The van der Waals surface area contributed by atoms with Crippen molar-refractivity contribution in [3.8, 4) is 22.6 Å². The van der Waals surface area contributed by atoms with Crippen LogP contribution in [0, 0.1) is 0 Å². The molecule has 0 aliphatic carbocycles. The summed E-state index contributed by atoms with van der Waals surface area (Å²) in [6.07, 6.45) is 4.68. The number of fused-ring (bicyclic) bond motifs is 1. The van der Waals surface area contributed by atoms with E-state index in [1.54, 1.807) is 0 Å². The van der Waals surface area contributed by atoms with Gasteiger partial charge in [-0.1, -0.05) is 66.7 Å². The number of hydrogen-bond donors (Lipinski definition) is 3. The van der Waals surface area contributed by atoms with Crippen molar-refractivity contribution in [1.29, 1.82) is 0 Å². The van der Waals surface area contributed by atoms with Gasteiger partial charge < -0.3 is 19.6 Å². The first-order valence-electron chi connectivity index (χ1n) is 11.2. The van der Waals surface area contributed by atoms with E-state index in [1.807, 2.05) is 54.6 Å². The number of H-pyrrole nitrogens is 1. The van der Waals surface area contributed by atoms with Gasteiger partial charge in [0.15, 0.2) is 11.7 Å². The molecule has 0 atom stereocenters. The Morgan fingerprint density at radius 3 is 2.12 bits per heavy atom. The summed E-state index contributed by atoms with van der Waals surface area (Å²) in [6.45, 7) is 0.0128. The number of aliphatic hydroxyl groups is 2. The van der Waals surface area contributed by atoms with Gasteiger partial charge in [-0.25, -0.2) is 4.98 Å². The predicted molar refractivity (Wildman–Crippen MR) is 130 cm³/mol. The summed E-state index contributed by atoms with van der Waals surface area (Å²) in [4.78, 5) is 8.19. The highest BCUT2D eigenvalue weighted by atomic mass is 16.4. The fourth-order valence-corrected chi connectivity index (χ4v) is 4.16. The van der Waals surface area contributed by atoms with Crippen LogP contribution in [0.15, 0.2) is 83.4 Å². The third-order valence-electron chi connectivity index (χ3n) is 5.99. The van der Waals surface area contributed by atoms with E-state index in [9.17, 15) is 10.2 Å². The molecule has 3 aromatic carbocycles. The van der Waals surface area contributed by atoms with E-state index < -0.39 is 0 Å². The third kappa shape index (κ3) is 4.46. The Kier molecular flexibility index (Phi) is 6.07. The van der Waals surface area contributed by atoms with Crippen LogP contribution in [0.5, 0.6) is 0 Å². The van der Waals surface area contributed by atoms with E-state index in [0.29, 0.717) is 5.89 Å². The van der Waals surface area contributed by atoms with E-state index in [-0.39, 0.29) is 13.2 Å². The van der Waals surface area contributed by atoms with E-state index >= 15 is 0 Å². The van der Waals surface area contributed by atoms with Crippen LogP contribution in [0.4, 0.5) is 0 Å². The number of rotatable bonds is 8. The van der Waals surface area contributed by atoms with Crippen molar-refractivity contribution in [2.75, 3.05) is 0 Å². The molecule has 5 aromatic rings. The number of hydrogen-bond acceptors (Lipinski definition) is 4. The Balaban J connectivity index is 1.41. The quantitative estimate of drug-likeness (QED) is 0.292. The number of aromatic amines is 1. The average molecular weight is 439 g/mol. The predicted octanol–water partition coefficient (Wildman–Crippen LogP) is 5.65. The number of benzene rings is 3. The van der Waals surface area contributed by atoms with E-state index in [2.05, 4.69) is 29.4 Å². The summed E-state index contributed by atoms with van der Waals surface area (Å²) in [5.74, 6) is 1.43. The highest BCUT2D eigenvalue weighted by Crippen LogP contribution is 2.33. The molecule has 0 fully saturated rings. The summed E-state index contributed by atoms with van der Waals surface area (Å²) in [7, 11) is 0. The van der Waals surface area contributed by atoms with Crippen LogP contribution >= 0.6 is 0 Å². The molecule has 0 amide bonds. The van der Waals surface area contributed by atoms with Crippen molar-refractivity contribution in [1.82, 2.24) is 9.97 Å². The molecular weight excluding hydrogens is 412 g/mol. The third-order valence-corrected chi connectivity index (χ3v) is 5.99. The molecule has 5 heteroatoms. The maximum Gasteiger partial charge on any atom is 0.195 e. The first-order chi connectivity index (χ1) is 16.2. The van der Waals surface area contributed by atoms with Crippen LogP contribution in [0.2, 0.25) is 0 Å². The Morgan fingerprint density at radius 1 is 0.758 bits per heavy atom. The maximum atomic E-state index is 9.37. The van der Waals surface area contributed by atoms with Gasteiger partial charge in [0.25, 0.3) is 0 Å². The fourth-order valence-electron chi connectivity index (χ4n) is 4.16. The minimum absolute atomic E-state index is 0.00521. The van der Waals surface area contributed by atoms with Crippen LogP contribution in [-0.4, -0.2) is 20.2 Å². The van der Waals surface area contributed by atoms with Crippen molar-refractivity contribution >= 4 is 10.9 Å². The molecule has 33 heavy (non-hydrogen) atoms. The van der Waals surface area contributed by atoms with Crippen molar-refractivity contribution < 1.29 is 14.6 Å². The van der Waals surface area contributed by atoms with E-state index in [0.717, 1.165) is 58.5 Å². The van der Waals surface area contributed by atoms with Gasteiger partial charge in [0.1, 0.15) is 5.69 Å². The molecule has 0 saturated heterocycles. The molecular formula is C28H26N2O3. The van der Waals surface area contributed by atoms with Gasteiger partial charge in [0.2, 0.25) is 0 Å². The van der Waals surface area contributed by atoms with Crippen molar-refractivity contribution in [3.05, 3.63) is 102 Å². The molecule has 0 aliphatic heterocycles. The molecule has 0 radical (unpaired) electrons. The van der Waals surface area contributed by atoms with Gasteiger partial charge in [0, 0.05) is 34.6 Å². The van der Waals surface area contributed by atoms with Crippen molar-refractivity contribution in [3.63, 3.8) is 0 Å². The normalized spacial score (nSPS) is 11.3. The van der Waals surface area contributed by atoms with Crippen molar-refractivity contribution in [2.45, 2.75) is 32.5 Å². The number of aryl methyl sites for hydroxylation is 2. The van der Waals surface area contributed by atoms with Gasteiger partial charge in [0.05, 0.1) is 13.2 Å². The van der Waals surface area contributed by atoms with Crippen LogP contribution in [-0.2, 0) is 26.1 Å². The molecule has 5 nitrogen and oxygen atoms in total. The Bertz CT molecular complexity index is 1280. The Hall–Kier alpha value is -3.67. The molecule has 0 spiro atoms. The summed E-state index contributed by atoms with van der Waals surface area (Å²) in [5, 5.41) is 20.0. The summed E-state index contributed by atoms with van der Waals surface area (Å²) < 4.78 is 6.26. The molecule has 0 bridgehead atoms. The Labute approximate surface area is 192 Å². The van der Waals surface area contributed by atoms with Crippen molar-refractivity contribution in [2.24, 2.45) is 0 Å². The number of aromatic nitrogens is 2. The Morgan fingerprint density at radius 2 is 1.42 bits per heavy atom. The second kappa shape index (κ2) is 9.45. The topological polar surface area (TPSA) is 82.3 Å². The van der Waals surface area contributed by atoms with Crippen LogP contribution in [0.25, 0.3) is 33.5 Å². The monoisotopic (exact) mass is 438 g/mol. The van der Waals surface area contributed by atoms with Crippen LogP contribution in [0.1, 0.15) is 29.0 Å². The number of nitrogens with one attached hydrogen (secondary N) is 1. The highest BCUT2D eigenvalue weighted by molar-refractivity contribution is 5.83. The second-order valence-corrected chi connectivity index (χ2v) is 8.21. The highest BCUT2D eigenvalue weighted by Gasteiger charge is 2.17. The maximum absolute atomic E-state index is 9.37. The lowest BCUT2D eigenvalue weighted by atomic mass is 10.0. The van der Waals surface area contributed by atoms with E-state index in [1.165, 1.54) is 10.9 Å². The zero-order valence-electron chi connectivity index (χ0n) is 18.3. The number of oxazole rings is 1. The smallest absolute Gasteiger partial charge is 0.195 e. The fraction of sp³-hybridized carbons (Fsp3) is 0.179.